The molecule has 0 saturated heterocycles. The number of carbonyl (C=O) groups excluding carboxylic acids is 1. The van der Waals surface area contributed by atoms with Crippen LogP contribution < -0.4 is 19.6 Å². The lowest BCUT2D eigenvalue weighted by Gasteiger charge is -2.26. The van der Waals surface area contributed by atoms with Crippen LogP contribution in [0.3, 0.4) is 0 Å². The molecule has 0 unspecified atom stereocenters. The number of hydrogen-bond donors (Lipinski definition) is 0. The Kier molecular flexibility index (Phi) is 6.37. The van der Waals surface area contributed by atoms with Gasteiger partial charge in [-0.2, -0.15) is 0 Å². The first-order valence-corrected chi connectivity index (χ1v) is 11.3. The van der Waals surface area contributed by atoms with Crippen LogP contribution >= 0.6 is 11.3 Å². The van der Waals surface area contributed by atoms with Crippen molar-refractivity contribution in [1.29, 1.82) is 0 Å². The Morgan fingerprint density at radius 1 is 1.09 bits per heavy atom. The minimum absolute atomic E-state index is 0.205. The average molecular weight is 449 g/mol. The number of thiazole rings is 1. The van der Waals surface area contributed by atoms with E-state index in [0.717, 1.165) is 11.1 Å². The first kappa shape index (κ1) is 21.8. The molecule has 6 nitrogen and oxygen atoms in total. The van der Waals surface area contributed by atoms with Gasteiger partial charge in [-0.3, -0.25) is 9.36 Å². The van der Waals surface area contributed by atoms with Crippen molar-refractivity contribution < 1.29 is 14.3 Å². The van der Waals surface area contributed by atoms with Crippen LogP contribution in [0.25, 0.3) is 6.08 Å². The van der Waals surface area contributed by atoms with E-state index < -0.39 is 12.0 Å². The summed E-state index contributed by atoms with van der Waals surface area (Å²) in [7, 11) is 0. The Labute approximate surface area is 189 Å². The van der Waals surface area contributed by atoms with Crippen LogP contribution in [0.4, 0.5) is 0 Å². The third kappa shape index (κ3) is 4.03. The van der Waals surface area contributed by atoms with Crippen molar-refractivity contribution in [2.24, 2.45) is 4.99 Å². The summed E-state index contributed by atoms with van der Waals surface area (Å²) in [5.41, 5.74) is 2.32. The van der Waals surface area contributed by atoms with Crippen molar-refractivity contribution in [2.75, 3.05) is 13.2 Å². The number of esters is 1. The number of fused-ring (bicyclic) bond motifs is 1. The molecule has 0 N–H and O–H groups in total. The standard InChI is InChI=1S/C25H24N2O4S/c1-4-30-19-14-10-9-13-18(19)22-21(24(29)31-5-2)16(3)26-25-27(22)23(28)20(32-25)15-17-11-7-6-8-12-17/h6-15,22H,4-5H2,1-3H3/b20-15-/t22-/m1/s1. The molecule has 164 valence electrons. The van der Waals surface area contributed by atoms with Crippen molar-refractivity contribution in [3.63, 3.8) is 0 Å². The number of benzene rings is 2. The number of nitrogens with zero attached hydrogens (tertiary/aromatic N) is 2. The van der Waals surface area contributed by atoms with E-state index in [9.17, 15) is 9.59 Å². The lowest BCUT2D eigenvalue weighted by atomic mass is 9.95. The van der Waals surface area contributed by atoms with Crippen LogP contribution in [0.5, 0.6) is 5.75 Å². The monoisotopic (exact) mass is 448 g/mol. The zero-order chi connectivity index (χ0) is 22.7. The highest BCUT2D eigenvalue weighted by Gasteiger charge is 2.34. The van der Waals surface area contributed by atoms with Crippen LogP contribution in [-0.4, -0.2) is 23.8 Å². The second-order valence-electron chi connectivity index (χ2n) is 7.18. The normalized spacial score (nSPS) is 15.8. The molecule has 7 heteroatoms. The summed E-state index contributed by atoms with van der Waals surface area (Å²) in [5, 5.41) is 0. The summed E-state index contributed by atoms with van der Waals surface area (Å²) in [5.74, 6) is 0.136. The molecule has 1 aliphatic heterocycles. The minimum Gasteiger partial charge on any atom is -0.494 e. The van der Waals surface area contributed by atoms with Crippen molar-refractivity contribution in [1.82, 2.24) is 4.57 Å². The first-order chi connectivity index (χ1) is 15.5. The number of allylic oxidation sites excluding steroid dienone is 1. The van der Waals surface area contributed by atoms with Gasteiger partial charge in [-0.15, -0.1) is 0 Å². The Bertz CT molecular complexity index is 1350. The summed E-state index contributed by atoms with van der Waals surface area (Å²) in [6.07, 6.45) is 1.85. The molecular weight excluding hydrogens is 424 g/mol. The summed E-state index contributed by atoms with van der Waals surface area (Å²) < 4.78 is 13.3. The Hall–Kier alpha value is -3.45. The fraction of sp³-hybridized carbons (Fsp3) is 0.240. The zero-order valence-electron chi connectivity index (χ0n) is 18.2. The third-order valence-electron chi connectivity index (χ3n) is 5.13. The second-order valence-corrected chi connectivity index (χ2v) is 8.19. The van der Waals surface area contributed by atoms with Gasteiger partial charge in [-0.1, -0.05) is 59.9 Å². The lowest BCUT2D eigenvalue weighted by molar-refractivity contribution is -0.139. The molecule has 1 aliphatic rings. The first-order valence-electron chi connectivity index (χ1n) is 10.5. The fourth-order valence-corrected chi connectivity index (χ4v) is 4.83. The molecule has 2 aromatic carbocycles. The molecule has 1 aromatic heterocycles. The van der Waals surface area contributed by atoms with Gasteiger partial charge in [-0.05, 0) is 38.5 Å². The van der Waals surface area contributed by atoms with E-state index in [0.29, 0.717) is 33.0 Å². The predicted molar refractivity (Wildman–Crippen MR) is 124 cm³/mol. The fourth-order valence-electron chi connectivity index (χ4n) is 3.78. The van der Waals surface area contributed by atoms with Crippen molar-refractivity contribution >= 4 is 23.4 Å². The van der Waals surface area contributed by atoms with Gasteiger partial charge in [0.05, 0.1) is 29.0 Å². The number of carbonyl (C=O) groups is 1. The number of aromatic nitrogens is 1. The SMILES string of the molecule is CCOC(=O)C1=C(C)N=c2s/c(=C\c3ccccc3)c(=O)n2[C@@H]1c1ccccc1OCC. The molecule has 0 saturated carbocycles. The highest BCUT2D eigenvalue weighted by atomic mass is 32.1. The molecule has 0 radical (unpaired) electrons. The average Bonchev–Trinajstić information content (AvgIpc) is 3.09. The molecule has 0 bridgehead atoms. The van der Waals surface area contributed by atoms with E-state index in [1.807, 2.05) is 67.6 Å². The maximum Gasteiger partial charge on any atom is 0.338 e. The molecule has 0 spiro atoms. The van der Waals surface area contributed by atoms with E-state index in [1.165, 1.54) is 11.3 Å². The molecule has 4 rings (SSSR count). The minimum atomic E-state index is -0.689. The maximum absolute atomic E-state index is 13.6. The van der Waals surface area contributed by atoms with Crippen molar-refractivity contribution in [3.05, 3.63) is 96.7 Å². The lowest BCUT2D eigenvalue weighted by Crippen LogP contribution is -2.40. The topological polar surface area (TPSA) is 69.9 Å². The van der Waals surface area contributed by atoms with Gasteiger partial charge in [0.1, 0.15) is 11.8 Å². The summed E-state index contributed by atoms with van der Waals surface area (Å²) in [4.78, 5) is 31.7. The zero-order valence-corrected chi connectivity index (χ0v) is 19.0. The molecule has 0 amide bonds. The van der Waals surface area contributed by atoms with Gasteiger partial charge in [0.15, 0.2) is 4.80 Å². The summed E-state index contributed by atoms with van der Waals surface area (Å²) in [6.45, 7) is 6.12. The molecular formula is C25H24N2O4S. The highest BCUT2D eigenvalue weighted by molar-refractivity contribution is 7.07. The maximum atomic E-state index is 13.6. The molecule has 0 fully saturated rings. The Balaban J connectivity index is 1.99. The van der Waals surface area contributed by atoms with E-state index in [1.54, 1.807) is 18.4 Å². The van der Waals surface area contributed by atoms with E-state index in [4.69, 9.17) is 9.47 Å². The van der Waals surface area contributed by atoms with Gasteiger partial charge in [0.25, 0.3) is 5.56 Å². The van der Waals surface area contributed by atoms with Gasteiger partial charge < -0.3 is 9.47 Å². The van der Waals surface area contributed by atoms with Gasteiger partial charge in [-0.25, -0.2) is 9.79 Å². The third-order valence-corrected chi connectivity index (χ3v) is 6.11. The quantitative estimate of drug-likeness (QED) is 0.543. The smallest absolute Gasteiger partial charge is 0.338 e. The largest absolute Gasteiger partial charge is 0.494 e. The van der Waals surface area contributed by atoms with Gasteiger partial charge >= 0.3 is 5.97 Å². The van der Waals surface area contributed by atoms with Gasteiger partial charge in [0.2, 0.25) is 0 Å². The number of ether oxygens (including phenoxy) is 2. The van der Waals surface area contributed by atoms with E-state index in [2.05, 4.69) is 4.99 Å². The van der Waals surface area contributed by atoms with Gasteiger partial charge in [0, 0.05) is 5.56 Å². The highest BCUT2D eigenvalue weighted by Crippen LogP contribution is 2.35. The Morgan fingerprint density at radius 3 is 2.53 bits per heavy atom. The molecule has 32 heavy (non-hydrogen) atoms. The molecule has 3 aromatic rings. The van der Waals surface area contributed by atoms with Crippen LogP contribution in [0, 0.1) is 0 Å². The van der Waals surface area contributed by atoms with E-state index >= 15 is 0 Å². The van der Waals surface area contributed by atoms with Crippen LogP contribution in [0.1, 0.15) is 37.9 Å². The molecule has 2 heterocycles. The van der Waals surface area contributed by atoms with Crippen LogP contribution in [0.2, 0.25) is 0 Å². The number of rotatable bonds is 6. The predicted octanol–water partition coefficient (Wildman–Crippen LogP) is 3.20. The van der Waals surface area contributed by atoms with E-state index in [-0.39, 0.29) is 12.2 Å². The Morgan fingerprint density at radius 2 is 1.81 bits per heavy atom. The number of hydrogen-bond acceptors (Lipinski definition) is 6. The molecule has 0 aliphatic carbocycles. The van der Waals surface area contributed by atoms with Crippen molar-refractivity contribution in [2.45, 2.75) is 26.8 Å². The van der Waals surface area contributed by atoms with Crippen molar-refractivity contribution in [3.8, 4) is 5.75 Å². The van der Waals surface area contributed by atoms with Crippen LogP contribution in [-0.2, 0) is 9.53 Å². The summed E-state index contributed by atoms with van der Waals surface area (Å²) in [6, 6.07) is 16.4. The summed E-state index contributed by atoms with van der Waals surface area (Å²) >= 11 is 1.31. The second kappa shape index (κ2) is 9.36. The molecule has 1 atom stereocenters. The van der Waals surface area contributed by atoms with Crippen LogP contribution in [0.15, 0.2) is 75.7 Å². The number of para-hydroxylation sites is 1.